The molecule has 6 rings (SSSR count). The predicted octanol–water partition coefficient (Wildman–Crippen LogP) is 2.36. The first kappa shape index (κ1) is 18.0. The van der Waals surface area contributed by atoms with Gasteiger partial charge in [-0.05, 0) is 25.0 Å². The largest absolute Gasteiger partial charge is 0.586 e. The summed E-state index contributed by atoms with van der Waals surface area (Å²) in [5, 5.41) is 5.07. The molecule has 1 unspecified atom stereocenters. The van der Waals surface area contributed by atoms with Crippen LogP contribution in [0.25, 0.3) is 16.6 Å². The van der Waals surface area contributed by atoms with Crippen molar-refractivity contribution in [3.63, 3.8) is 0 Å². The minimum absolute atomic E-state index is 0.0255. The Balaban J connectivity index is 1.42. The average Bonchev–Trinajstić information content (AvgIpc) is 3.36. The van der Waals surface area contributed by atoms with E-state index in [9.17, 15) is 8.78 Å². The second-order valence-electron chi connectivity index (χ2n) is 7.51. The van der Waals surface area contributed by atoms with Crippen molar-refractivity contribution in [3.05, 3.63) is 36.7 Å². The summed E-state index contributed by atoms with van der Waals surface area (Å²) in [6.45, 7) is 1.59. The quantitative estimate of drug-likeness (QED) is 0.515. The number of fused-ring (bicyclic) bond motifs is 5. The van der Waals surface area contributed by atoms with Crippen molar-refractivity contribution < 1.29 is 18.3 Å². The second kappa shape index (κ2) is 6.33. The predicted molar refractivity (Wildman–Crippen MR) is 105 cm³/mol. The fourth-order valence-corrected chi connectivity index (χ4v) is 4.16. The molecule has 1 aromatic carbocycles. The molecule has 1 atom stereocenters. The third kappa shape index (κ3) is 2.86. The maximum atomic E-state index is 13.6. The van der Waals surface area contributed by atoms with Crippen LogP contribution in [0, 0.1) is 0 Å². The second-order valence-corrected chi connectivity index (χ2v) is 7.51. The monoisotopic (exact) mass is 426 g/mol. The minimum atomic E-state index is -3.75. The molecule has 2 aliphatic heterocycles. The molecular weight excluding hydrogens is 410 g/mol. The van der Waals surface area contributed by atoms with Crippen LogP contribution in [0.1, 0.15) is 24.6 Å². The van der Waals surface area contributed by atoms with E-state index in [0.717, 1.165) is 25.1 Å². The number of hydrogen-bond acceptors (Lipinski definition) is 9. The number of aromatic nitrogens is 6. The first-order valence-corrected chi connectivity index (χ1v) is 9.73. The molecule has 0 radical (unpaired) electrons. The maximum absolute atomic E-state index is 13.6. The molecule has 0 bridgehead atoms. The Bertz CT molecular complexity index is 1310. The van der Waals surface area contributed by atoms with Gasteiger partial charge in [0.25, 0.3) is 0 Å². The van der Waals surface area contributed by atoms with Gasteiger partial charge in [-0.15, -0.1) is 13.9 Å². The summed E-state index contributed by atoms with van der Waals surface area (Å²) >= 11 is 0. The van der Waals surface area contributed by atoms with Crippen molar-refractivity contribution in [2.24, 2.45) is 0 Å². The Morgan fingerprint density at radius 1 is 1.13 bits per heavy atom. The first-order chi connectivity index (χ1) is 15.0. The summed E-state index contributed by atoms with van der Waals surface area (Å²) in [4.78, 5) is 19.3. The molecule has 0 saturated carbocycles. The van der Waals surface area contributed by atoms with E-state index in [1.807, 2.05) is 0 Å². The molecule has 12 heteroatoms. The van der Waals surface area contributed by atoms with Crippen LogP contribution in [0.15, 0.2) is 30.9 Å². The molecule has 3 aromatic heterocycles. The fraction of sp³-hybridized carbons (Fsp3) is 0.316. The van der Waals surface area contributed by atoms with E-state index in [2.05, 4.69) is 34.4 Å². The Morgan fingerprint density at radius 3 is 2.81 bits per heavy atom. The number of nitrogen functional groups attached to an aromatic ring is 1. The zero-order valence-electron chi connectivity index (χ0n) is 16.1. The molecule has 4 aromatic rings. The van der Waals surface area contributed by atoms with Gasteiger partial charge in [0.05, 0.1) is 18.1 Å². The third-order valence-electron chi connectivity index (χ3n) is 5.55. The highest BCUT2D eigenvalue weighted by molar-refractivity contribution is 5.97. The number of piperidine rings is 1. The Labute approximate surface area is 173 Å². The molecule has 10 nitrogen and oxygen atoms in total. The lowest BCUT2D eigenvalue weighted by Crippen LogP contribution is -2.34. The van der Waals surface area contributed by atoms with E-state index < -0.39 is 6.29 Å². The summed E-state index contributed by atoms with van der Waals surface area (Å²) in [6, 6.07) is 3.01. The number of rotatable bonds is 2. The summed E-state index contributed by atoms with van der Waals surface area (Å²) in [5.74, 6) is 0.445. The van der Waals surface area contributed by atoms with Gasteiger partial charge < -0.3 is 20.1 Å². The van der Waals surface area contributed by atoms with Gasteiger partial charge >= 0.3 is 6.29 Å². The summed E-state index contributed by atoms with van der Waals surface area (Å²) < 4.78 is 37.7. The molecule has 0 aliphatic carbocycles. The van der Waals surface area contributed by atoms with E-state index >= 15 is 0 Å². The van der Waals surface area contributed by atoms with Crippen molar-refractivity contribution in [3.8, 4) is 11.5 Å². The van der Waals surface area contributed by atoms with E-state index in [1.54, 1.807) is 18.5 Å². The van der Waals surface area contributed by atoms with Gasteiger partial charge in [0.15, 0.2) is 23.0 Å². The van der Waals surface area contributed by atoms with Crippen molar-refractivity contribution in [1.82, 2.24) is 29.5 Å². The molecule has 0 amide bonds. The molecule has 1 fully saturated rings. The molecule has 158 valence electrons. The summed E-state index contributed by atoms with van der Waals surface area (Å²) in [7, 11) is 0. The number of ether oxygens (including phenoxy) is 2. The highest BCUT2D eigenvalue weighted by atomic mass is 19.3. The maximum Gasteiger partial charge on any atom is 0.586 e. The molecular formula is C19H16F2N8O2. The number of nitrogens with two attached hydrogens (primary N) is 1. The molecule has 5 heterocycles. The number of hydrogen-bond donors (Lipinski definition) is 1. The van der Waals surface area contributed by atoms with Crippen LogP contribution in [0.3, 0.4) is 0 Å². The van der Waals surface area contributed by atoms with E-state index in [-0.39, 0.29) is 28.9 Å². The molecule has 1 saturated heterocycles. The van der Waals surface area contributed by atoms with Crippen molar-refractivity contribution >= 4 is 28.2 Å². The van der Waals surface area contributed by atoms with Gasteiger partial charge in [-0.25, -0.2) is 19.9 Å². The van der Waals surface area contributed by atoms with E-state index in [4.69, 9.17) is 10.7 Å². The third-order valence-corrected chi connectivity index (χ3v) is 5.55. The van der Waals surface area contributed by atoms with Crippen molar-refractivity contribution in [2.45, 2.75) is 25.1 Å². The number of anilines is 2. The average molecular weight is 426 g/mol. The Morgan fingerprint density at radius 2 is 1.97 bits per heavy atom. The number of halogens is 2. The van der Waals surface area contributed by atoms with Gasteiger partial charge in [0, 0.05) is 24.4 Å². The smallest absolute Gasteiger partial charge is 0.395 e. The lowest BCUT2D eigenvalue weighted by Gasteiger charge is -2.32. The topological polar surface area (TPSA) is 117 Å². The zero-order valence-corrected chi connectivity index (χ0v) is 16.1. The first-order valence-electron chi connectivity index (χ1n) is 9.73. The number of alkyl halides is 2. The highest BCUT2D eigenvalue weighted by Gasteiger charge is 2.45. The van der Waals surface area contributed by atoms with Gasteiger partial charge in [-0.2, -0.15) is 4.52 Å². The van der Waals surface area contributed by atoms with Crippen LogP contribution in [0.5, 0.6) is 11.5 Å². The van der Waals surface area contributed by atoms with Crippen LogP contribution < -0.4 is 20.1 Å². The van der Waals surface area contributed by atoms with Crippen LogP contribution in [0.4, 0.5) is 20.4 Å². The summed E-state index contributed by atoms with van der Waals surface area (Å²) in [5.41, 5.74) is 7.61. The summed E-state index contributed by atoms with van der Waals surface area (Å²) in [6.07, 6.45) is 3.17. The van der Waals surface area contributed by atoms with Gasteiger partial charge in [-0.3, -0.25) is 0 Å². The van der Waals surface area contributed by atoms with Gasteiger partial charge in [0.2, 0.25) is 5.95 Å². The SMILES string of the molecule is Nc1nc2c3c(ccc2c2nc(C4CCCN(c5cncnc5)C4)nn12)OC(F)(F)O3. The van der Waals surface area contributed by atoms with Crippen LogP contribution in [0.2, 0.25) is 0 Å². The van der Waals surface area contributed by atoms with Crippen molar-refractivity contribution in [1.29, 1.82) is 0 Å². The van der Waals surface area contributed by atoms with Crippen LogP contribution in [-0.4, -0.2) is 48.9 Å². The minimum Gasteiger partial charge on any atom is -0.395 e. The van der Waals surface area contributed by atoms with Crippen molar-refractivity contribution in [2.75, 3.05) is 23.7 Å². The number of nitrogens with zero attached hydrogens (tertiary/aromatic N) is 7. The highest BCUT2D eigenvalue weighted by Crippen LogP contribution is 2.45. The molecule has 2 aliphatic rings. The lowest BCUT2D eigenvalue weighted by molar-refractivity contribution is -0.286. The molecule has 2 N–H and O–H groups in total. The number of benzene rings is 1. The van der Waals surface area contributed by atoms with Crippen LogP contribution in [-0.2, 0) is 0 Å². The molecule has 31 heavy (non-hydrogen) atoms. The van der Waals surface area contributed by atoms with E-state index in [1.165, 1.54) is 16.9 Å². The Hall–Kier alpha value is -3.83. The van der Waals surface area contributed by atoms with E-state index in [0.29, 0.717) is 23.4 Å². The standard InChI is InChI=1S/C19H16F2N8O2/c20-19(21)30-13-4-3-12-14(15(13)31-19)25-18(22)29-17(12)26-16(27-29)10-2-1-5-28(8-10)11-6-23-9-24-7-11/h3-4,6-7,9-10H,1-2,5,8H2,(H2,22,25). The van der Waals surface area contributed by atoms with Gasteiger partial charge in [0.1, 0.15) is 11.8 Å². The normalized spacial score (nSPS) is 19.9. The van der Waals surface area contributed by atoms with Crippen LogP contribution >= 0.6 is 0 Å². The van der Waals surface area contributed by atoms with Gasteiger partial charge in [-0.1, -0.05) is 0 Å². The molecule has 0 spiro atoms. The zero-order chi connectivity index (χ0) is 21.2. The fourth-order valence-electron chi connectivity index (χ4n) is 4.16. The lowest BCUT2D eigenvalue weighted by atomic mass is 9.97. The Kier molecular flexibility index (Phi) is 3.67.